The Morgan fingerprint density at radius 1 is 1.15 bits per heavy atom. The number of methoxy groups -OCH3 is 1. The molecule has 0 radical (unpaired) electrons. The number of hydrogen-bond acceptors (Lipinski definition) is 6. The lowest BCUT2D eigenvalue weighted by Gasteiger charge is -2.15. The van der Waals surface area contributed by atoms with E-state index in [-0.39, 0.29) is 5.56 Å². The van der Waals surface area contributed by atoms with Crippen LogP contribution in [0.4, 0.5) is 5.69 Å². The Kier molecular flexibility index (Phi) is 5.46. The number of aromatic nitrogens is 3. The van der Waals surface area contributed by atoms with Crippen LogP contribution in [0.15, 0.2) is 61.1 Å². The Balaban J connectivity index is 1.62. The minimum Gasteiger partial charge on any atom is -0.495 e. The van der Waals surface area contributed by atoms with Gasteiger partial charge in [0.1, 0.15) is 5.75 Å². The van der Waals surface area contributed by atoms with E-state index in [4.69, 9.17) is 9.47 Å². The van der Waals surface area contributed by atoms with Crippen molar-refractivity contribution in [3.63, 3.8) is 0 Å². The number of carbonyl (C=O) groups is 2. The van der Waals surface area contributed by atoms with Crippen molar-refractivity contribution in [2.75, 3.05) is 12.4 Å². The molecule has 0 bridgehead atoms. The predicted molar refractivity (Wildman–Crippen MR) is 97.9 cm³/mol. The van der Waals surface area contributed by atoms with Crippen LogP contribution in [0, 0.1) is 0 Å². The first-order chi connectivity index (χ1) is 13.1. The van der Waals surface area contributed by atoms with Crippen molar-refractivity contribution in [3.8, 4) is 11.6 Å². The molecule has 0 aliphatic heterocycles. The maximum absolute atomic E-state index is 12.3. The number of rotatable bonds is 6. The van der Waals surface area contributed by atoms with Crippen molar-refractivity contribution in [1.29, 1.82) is 0 Å². The summed E-state index contributed by atoms with van der Waals surface area (Å²) in [7, 11) is 1.51. The minimum absolute atomic E-state index is 0.239. The fourth-order valence-electron chi connectivity index (χ4n) is 2.31. The van der Waals surface area contributed by atoms with Crippen molar-refractivity contribution in [2.45, 2.75) is 13.0 Å². The van der Waals surface area contributed by atoms with Gasteiger partial charge >= 0.3 is 5.97 Å². The molecule has 1 amide bonds. The first kappa shape index (κ1) is 18.1. The van der Waals surface area contributed by atoms with E-state index in [1.807, 2.05) is 0 Å². The van der Waals surface area contributed by atoms with Gasteiger partial charge < -0.3 is 14.8 Å². The number of para-hydroxylation sites is 2. The van der Waals surface area contributed by atoms with E-state index in [0.717, 1.165) is 0 Å². The van der Waals surface area contributed by atoms with Gasteiger partial charge in [-0.3, -0.25) is 4.79 Å². The third-order valence-electron chi connectivity index (χ3n) is 3.74. The van der Waals surface area contributed by atoms with Crippen molar-refractivity contribution in [1.82, 2.24) is 14.8 Å². The van der Waals surface area contributed by atoms with Gasteiger partial charge in [-0.05, 0) is 37.3 Å². The summed E-state index contributed by atoms with van der Waals surface area (Å²) < 4.78 is 12.0. The van der Waals surface area contributed by atoms with Crippen LogP contribution in [0.1, 0.15) is 17.3 Å². The lowest BCUT2D eigenvalue weighted by Crippen LogP contribution is -2.30. The highest BCUT2D eigenvalue weighted by atomic mass is 16.5. The van der Waals surface area contributed by atoms with Crippen molar-refractivity contribution >= 4 is 17.6 Å². The molecule has 1 atom stereocenters. The second kappa shape index (κ2) is 8.13. The van der Waals surface area contributed by atoms with Crippen molar-refractivity contribution in [2.24, 2.45) is 0 Å². The average molecular weight is 366 g/mol. The van der Waals surface area contributed by atoms with Crippen LogP contribution in [0.25, 0.3) is 5.82 Å². The van der Waals surface area contributed by atoms with Crippen LogP contribution in [-0.4, -0.2) is 39.9 Å². The zero-order chi connectivity index (χ0) is 19.2. The molecule has 1 aromatic carbocycles. The van der Waals surface area contributed by atoms with Crippen LogP contribution in [0.2, 0.25) is 0 Å². The summed E-state index contributed by atoms with van der Waals surface area (Å²) >= 11 is 0. The van der Waals surface area contributed by atoms with Crippen molar-refractivity contribution < 1.29 is 19.1 Å². The SMILES string of the molecule is COc1ccccc1NC(=O)C(C)OC(=O)c1ccc(-n2cccn2)nc1. The molecule has 2 aromatic heterocycles. The number of esters is 1. The van der Waals surface area contributed by atoms with Crippen LogP contribution in [-0.2, 0) is 9.53 Å². The number of hydrogen-bond donors (Lipinski definition) is 1. The molecule has 0 saturated carbocycles. The first-order valence-corrected chi connectivity index (χ1v) is 8.19. The van der Waals surface area contributed by atoms with E-state index in [1.165, 1.54) is 20.2 Å². The van der Waals surface area contributed by atoms with Crippen LogP contribution < -0.4 is 10.1 Å². The first-order valence-electron chi connectivity index (χ1n) is 8.19. The van der Waals surface area contributed by atoms with Crippen LogP contribution in [0.5, 0.6) is 5.75 Å². The predicted octanol–water partition coefficient (Wildman–Crippen LogP) is 2.46. The molecule has 0 spiro atoms. The molecule has 27 heavy (non-hydrogen) atoms. The maximum atomic E-state index is 12.3. The lowest BCUT2D eigenvalue weighted by molar-refractivity contribution is -0.123. The molecule has 1 unspecified atom stereocenters. The van der Waals surface area contributed by atoms with Crippen molar-refractivity contribution in [3.05, 3.63) is 66.6 Å². The Morgan fingerprint density at radius 2 is 1.96 bits per heavy atom. The van der Waals surface area contributed by atoms with Gasteiger partial charge in [0.05, 0.1) is 18.4 Å². The molecule has 1 N–H and O–H groups in total. The van der Waals surface area contributed by atoms with E-state index < -0.39 is 18.0 Å². The number of nitrogens with zero attached hydrogens (tertiary/aromatic N) is 3. The van der Waals surface area contributed by atoms with Crippen LogP contribution >= 0.6 is 0 Å². The summed E-state index contributed by atoms with van der Waals surface area (Å²) in [6.45, 7) is 1.49. The number of ether oxygens (including phenoxy) is 2. The summed E-state index contributed by atoms with van der Waals surface area (Å²) in [5.41, 5.74) is 0.737. The van der Waals surface area contributed by atoms with Crippen LogP contribution in [0.3, 0.4) is 0 Å². The Hall–Kier alpha value is -3.68. The van der Waals surface area contributed by atoms with Gasteiger partial charge in [0, 0.05) is 18.6 Å². The number of benzene rings is 1. The largest absolute Gasteiger partial charge is 0.495 e. The third-order valence-corrected chi connectivity index (χ3v) is 3.74. The average Bonchev–Trinajstić information content (AvgIpc) is 3.23. The lowest BCUT2D eigenvalue weighted by atomic mass is 10.2. The van der Waals surface area contributed by atoms with Gasteiger partial charge in [-0.2, -0.15) is 5.10 Å². The normalized spacial score (nSPS) is 11.5. The smallest absolute Gasteiger partial charge is 0.340 e. The molecule has 2 heterocycles. The van der Waals surface area contributed by atoms with Gasteiger partial charge in [-0.15, -0.1) is 0 Å². The molecule has 3 rings (SSSR count). The molecule has 3 aromatic rings. The highest BCUT2D eigenvalue weighted by Crippen LogP contribution is 2.23. The quantitative estimate of drug-likeness (QED) is 0.674. The molecule has 8 nitrogen and oxygen atoms in total. The molecular weight excluding hydrogens is 348 g/mol. The number of carbonyl (C=O) groups excluding carboxylic acids is 2. The summed E-state index contributed by atoms with van der Waals surface area (Å²) in [5, 5.41) is 6.74. The number of anilines is 1. The second-order valence-corrected chi connectivity index (χ2v) is 5.59. The molecule has 138 valence electrons. The summed E-state index contributed by atoms with van der Waals surface area (Å²) in [4.78, 5) is 28.7. The number of amides is 1. The summed E-state index contributed by atoms with van der Waals surface area (Å²) in [6.07, 6.45) is 3.76. The Labute approximate surface area is 155 Å². The minimum atomic E-state index is -0.992. The van der Waals surface area contributed by atoms with Gasteiger partial charge in [-0.1, -0.05) is 12.1 Å². The van der Waals surface area contributed by atoms with E-state index in [2.05, 4.69) is 15.4 Å². The molecular formula is C19H18N4O4. The van der Waals surface area contributed by atoms with E-state index in [0.29, 0.717) is 17.3 Å². The zero-order valence-corrected chi connectivity index (χ0v) is 14.8. The van der Waals surface area contributed by atoms with Gasteiger partial charge in [0.15, 0.2) is 11.9 Å². The zero-order valence-electron chi connectivity index (χ0n) is 14.8. The van der Waals surface area contributed by atoms with Gasteiger partial charge in [-0.25, -0.2) is 14.5 Å². The Morgan fingerprint density at radius 3 is 2.63 bits per heavy atom. The maximum Gasteiger partial charge on any atom is 0.340 e. The fraction of sp³-hybridized carbons (Fsp3) is 0.158. The summed E-state index contributed by atoms with van der Waals surface area (Å²) in [6, 6.07) is 12.0. The fourth-order valence-corrected chi connectivity index (χ4v) is 2.31. The molecule has 0 aliphatic rings. The number of nitrogens with one attached hydrogen (secondary N) is 1. The van der Waals surface area contributed by atoms with Gasteiger partial charge in [0.2, 0.25) is 0 Å². The van der Waals surface area contributed by atoms with Gasteiger partial charge in [0.25, 0.3) is 5.91 Å². The topological polar surface area (TPSA) is 95.3 Å². The van der Waals surface area contributed by atoms with E-state index in [9.17, 15) is 9.59 Å². The third kappa shape index (κ3) is 4.30. The number of pyridine rings is 1. The monoisotopic (exact) mass is 366 g/mol. The standard InChI is InChI=1S/C19H18N4O4/c1-13(18(24)22-15-6-3-4-7-16(15)26-2)27-19(25)14-8-9-17(20-12-14)23-11-5-10-21-23/h3-13H,1-2H3,(H,22,24). The molecule has 0 saturated heterocycles. The molecule has 8 heteroatoms. The highest BCUT2D eigenvalue weighted by Gasteiger charge is 2.20. The second-order valence-electron chi connectivity index (χ2n) is 5.59. The molecule has 0 aliphatic carbocycles. The summed E-state index contributed by atoms with van der Waals surface area (Å²) in [5.74, 6) is -0.0209. The van der Waals surface area contributed by atoms with E-state index >= 15 is 0 Å². The van der Waals surface area contributed by atoms with E-state index in [1.54, 1.807) is 59.5 Å². The Bertz CT molecular complexity index is 923. The highest BCUT2D eigenvalue weighted by molar-refractivity contribution is 5.98. The molecule has 0 fully saturated rings.